The van der Waals surface area contributed by atoms with Crippen LogP contribution in [-0.4, -0.2) is 46.6 Å². The second kappa shape index (κ2) is 8.79. The predicted molar refractivity (Wildman–Crippen MR) is 103 cm³/mol. The second-order valence-electron chi connectivity index (χ2n) is 6.60. The van der Waals surface area contributed by atoms with E-state index in [0.717, 1.165) is 12.8 Å². The molecule has 1 saturated carbocycles. The molecule has 1 aromatic rings. The van der Waals surface area contributed by atoms with Crippen molar-refractivity contribution in [1.29, 1.82) is 0 Å². The second-order valence-corrected chi connectivity index (χ2v) is 9.59. The lowest BCUT2D eigenvalue weighted by molar-refractivity contribution is -0.0504. The van der Waals surface area contributed by atoms with Gasteiger partial charge in [-0.25, -0.2) is 8.42 Å². The lowest BCUT2D eigenvalue weighted by Gasteiger charge is -2.19. The third-order valence-electron chi connectivity index (χ3n) is 4.12. The molecule has 0 atom stereocenters. The van der Waals surface area contributed by atoms with Crippen LogP contribution in [0.15, 0.2) is 17.1 Å². The Morgan fingerprint density at radius 3 is 2.52 bits per heavy atom. The Hall–Kier alpha value is -1.32. The molecule has 1 aromatic carbocycles. The van der Waals surface area contributed by atoms with E-state index in [2.05, 4.69) is 20.4 Å². The standard InChI is InChI=1S/C16H21Cl2F2N3O3S/c1-21-15(23-8-16(3-4-16)9-27(2,24)25)22-7-10-5-11(17)6-12(18)13(10)26-14(19)20/h5-6,14H,3-4,7-9H2,1-2H3,(H2,21,22,23). The van der Waals surface area contributed by atoms with E-state index in [0.29, 0.717) is 18.1 Å². The van der Waals surface area contributed by atoms with Crippen LogP contribution in [0, 0.1) is 5.41 Å². The topological polar surface area (TPSA) is 79.8 Å². The van der Waals surface area contributed by atoms with E-state index in [1.165, 1.54) is 18.4 Å². The Bertz CT molecular complexity index is 815. The molecule has 1 aliphatic rings. The first-order valence-electron chi connectivity index (χ1n) is 8.08. The summed E-state index contributed by atoms with van der Waals surface area (Å²) in [5.74, 6) is 0.351. The van der Waals surface area contributed by atoms with Gasteiger partial charge in [0.2, 0.25) is 0 Å². The van der Waals surface area contributed by atoms with Crippen LogP contribution in [0.2, 0.25) is 10.0 Å². The molecule has 0 amide bonds. The number of sulfone groups is 1. The summed E-state index contributed by atoms with van der Waals surface area (Å²) in [6, 6.07) is 2.79. The molecule has 0 aliphatic heterocycles. The molecular formula is C16H21Cl2F2N3O3S. The maximum atomic E-state index is 12.6. The van der Waals surface area contributed by atoms with Crippen molar-refractivity contribution < 1.29 is 21.9 Å². The number of nitrogens with zero attached hydrogens (tertiary/aromatic N) is 1. The van der Waals surface area contributed by atoms with Gasteiger partial charge in [0.05, 0.1) is 10.8 Å². The van der Waals surface area contributed by atoms with Crippen molar-refractivity contribution in [2.75, 3.05) is 25.6 Å². The number of guanidine groups is 1. The van der Waals surface area contributed by atoms with Crippen molar-refractivity contribution in [3.05, 3.63) is 27.7 Å². The van der Waals surface area contributed by atoms with Crippen LogP contribution < -0.4 is 15.4 Å². The Kier molecular flexibility index (Phi) is 7.15. The van der Waals surface area contributed by atoms with Crippen molar-refractivity contribution in [2.45, 2.75) is 26.0 Å². The molecule has 0 spiro atoms. The third kappa shape index (κ3) is 6.97. The van der Waals surface area contributed by atoms with E-state index in [-0.39, 0.29) is 33.5 Å². The van der Waals surface area contributed by atoms with Crippen molar-refractivity contribution in [3.63, 3.8) is 0 Å². The maximum Gasteiger partial charge on any atom is 0.387 e. The van der Waals surface area contributed by atoms with Gasteiger partial charge in [0.15, 0.2) is 5.96 Å². The molecule has 0 unspecified atom stereocenters. The van der Waals surface area contributed by atoms with Gasteiger partial charge in [0, 0.05) is 42.4 Å². The number of halogens is 4. The average molecular weight is 444 g/mol. The van der Waals surface area contributed by atoms with E-state index in [9.17, 15) is 17.2 Å². The van der Waals surface area contributed by atoms with Gasteiger partial charge in [-0.2, -0.15) is 8.78 Å². The van der Waals surface area contributed by atoms with Gasteiger partial charge in [-0.15, -0.1) is 0 Å². The van der Waals surface area contributed by atoms with E-state index in [1.807, 2.05) is 0 Å². The van der Waals surface area contributed by atoms with Gasteiger partial charge in [0.25, 0.3) is 0 Å². The van der Waals surface area contributed by atoms with E-state index >= 15 is 0 Å². The lowest BCUT2D eigenvalue weighted by atomic mass is 10.1. The number of hydrogen-bond donors (Lipinski definition) is 2. The minimum absolute atomic E-state index is 0.0207. The van der Waals surface area contributed by atoms with Crippen LogP contribution in [0.5, 0.6) is 5.75 Å². The number of ether oxygens (including phenoxy) is 1. The van der Waals surface area contributed by atoms with Crippen LogP contribution in [0.1, 0.15) is 18.4 Å². The van der Waals surface area contributed by atoms with Crippen LogP contribution in [0.4, 0.5) is 8.78 Å². The molecule has 1 fully saturated rings. The minimum Gasteiger partial charge on any atom is -0.433 e. The minimum atomic E-state index is -3.07. The van der Waals surface area contributed by atoms with Crippen molar-refractivity contribution in [1.82, 2.24) is 10.6 Å². The summed E-state index contributed by atoms with van der Waals surface area (Å²) >= 11 is 11.9. The van der Waals surface area contributed by atoms with E-state index in [1.54, 1.807) is 7.05 Å². The number of hydrogen-bond acceptors (Lipinski definition) is 4. The fraction of sp³-hybridized carbons (Fsp3) is 0.562. The first kappa shape index (κ1) is 22.0. The quantitative estimate of drug-likeness (QED) is 0.476. The Balaban J connectivity index is 2.00. The lowest BCUT2D eigenvalue weighted by Crippen LogP contribution is -2.41. The molecule has 1 aliphatic carbocycles. The van der Waals surface area contributed by atoms with Crippen molar-refractivity contribution in [3.8, 4) is 5.75 Å². The third-order valence-corrected chi connectivity index (χ3v) is 5.75. The highest BCUT2D eigenvalue weighted by atomic mass is 35.5. The number of aliphatic imine (C=N–C) groups is 1. The summed E-state index contributed by atoms with van der Waals surface area (Å²) in [6.45, 7) is -2.50. The molecule has 0 radical (unpaired) electrons. The van der Waals surface area contributed by atoms with Crippen LogP contribution in [0.25, 0.3) is 0 Å². The summed E-state index contributed by atoms with van der Waals surface area (Å²) in [5, 5.41) is 6.30. The Morgan fingerprint density at radius 1 is 1.33 bits per heavy atom. The molecule has 0 saturated heterocycles. The summed E-state index contributed by atoms with van der Waals surface area (Å²) in [6.07, 6.45) is 2.86. The van der Waals surface area contributed by atoms with E-state index < -0.39 is 16.4 Å². The zero-order valence-electron chi connectivity index (χ0n) is 14.9. The smallest absolute Gasteiger partial charge is 0.387 e. The van der Waals surface area contributed by atoms with Gasteiger partial charge in [0.1, 0.15) is 15.6 Å². The zero-order valence-corrected chi connectivity index (χ0v) is 17.2. The molecular weight excluding hydrogens is 423 g/mol. The zero-order chi connectivity index (χ0) is 20.2. The highest BCUT2D eigenvalue weighted by Crippen LogP contribution is 2.46. The summed E-state index contributed by atoms with van der Waals surface area (Å²) < 4.78 is 52.8. The van der Waals surface area contributed by atoms with Gasteiger partial charge in [-0.05, 0) is 25.0 Å². The SMILES string of the molecule is CN=C(NCc1cc(Cl)cc(Cl)c1OC(F)F)NCC1(CS(C)(=O)=O)CC1. The summed E-state index contributed by atoms with van der Waals surface area (Å²) in [5.41, 5.74) is 0.0575. The molecule has 11 heteroatoms. The molecule has 2 rings (SSSR count). The first-order valence-corrected chi connectivity index (χ1v) is 10.9. The molecule has 2 N–H and O–H groups in total. The van der Waals surface area contributed by atoms with Gasteiger partial charge < -0.3 is 15.4 Å². The molecule has 152 valence electrons. The maximum absolute atomic E-state index is 12.6. The summed E-state index contributed by atoms with van der Waals surface area (Å²) in [4.78, 5) is 4.06. The number of rotatable bonds is 8. The molecule has 27 heavy (non-hydrogen) atoms. The predicted octanol–water partition coefficient (Wildman–Crippen LogP) is 3.08. The average Bonchev–Trinajstić information content (AvgIpc) is 3.28. The van der Waals surface area contributed by atoms with E-state index in [4.69, 9.17) is 23.2 Å². The Labute approximate surface area is 167 Å². The highest BCUT2D eigenvalue weighted by Gasteiger charge is 2.45. The van der Waals surface area contributed by atoms with Crippen LogP contribution in [0.3, 0.4) is 0 Å². The van der Waals surface area contributed by atoms with Crippen molar-refractivity contribution in [2.24, 2.45) is 10.4 Å². The molecule has 0 aromatic heterocycles. The molecule has 6 nitrogen and oxygen atoms in total. The normalized spacial score (nSPS) is 16.3. The fourth-order valence-electron chi connectivity index (χ4n) is 2.74. The van der Waals surface area contributed by atoms with Gasteiger partial charge in [-0.3, -0.25) is 4.99 Å². The number of nitrogens with one attached hydrogen (secondary N) is 2. The number of alkyl halides is 2. The molecule has 0 bridgehead atoms. The number of benzene rings is 1. The Morgan fingerprint density at radius 2 is 2.00 bits per heavy atom. The summed E-state index contributed by atoms with van der Waals surface area (Å²) in [7, 11) is -1.52. The molecule has 0 heterocycles. The fourth-order valence-corrected chi connectivity index (χ4v) is 4.83. The van der Waals surface area contributed by atoms with Gasteiger partial charge in [-0.1, -0.05) is 23.2 Å². The monoisotopic (exact) mass is 443 g/mol. The van der Waals surface area contributed by atoms with Crippen molar-refractivity contribution >= 4 is 39.0 Å². The highest BCUT2D eigenvalue weighted by molar-refractivity contribution is 7.90. The largest absolute Gasteiger partial charge is 0.433 e. The van der Waals surface area contributed by atoms with Gasteiger partial charge >= 0.3 is 6.61 Å². The van der Waals surface area contributed by atoms with Crippen LogP contribution in [-0.2, 0) is 16.4 Å². The van der Waals surface area contributed by atoms with Crippen LogP contribution >= 0.6 is 23.2 Å². The first-order chi connectivity index (χ1) is 12.5.